The highest BCUT2D eigenvalue weighted by Crippen LogP contribution is 2.33. The molecule has 0 bridgehead atoms. The van der Waals surface area contributed by atoms with Gasteiger partial charge in [-0.3, -0.25) is 10.1 Å². The lowest BCUT2D eigenvalue weighted by Crippen LogP contribution is -2.15. The molecule has 0 atom stereocenters. The molecule has 0 aliphatic heterocycles. The van der Waals surface area contributed by atoms with Gasteiger partial charge in [0.1, 0.15) is 17.8 Å². The topological polar surface area (TPSA) is 111 Å². The number of halogens is 2. The third-order valence-electron chi connectivity index (χ3n) is 4.75. The summed E-state index contributed by atoms with van der Waals surface area (Å²) in [6.07, 6.45) is 4.86. The molecule has 0 saturated carbocycles. The fourth-order valence-corrected chi connectivity index (χ4v) is 3.67. The number of nitro groups is 1. The van der Waals surface area contributed by atoms with E-state index in [0.29, 0.717) is 40.5 Å². The Morgan fingerprint density at radius 3 is 2.42 bits per heavy atom. The molecule has 0 aliphatic carbocycles. The van der Waals surface area contributed by atoms with Gasteiger partial charge in [0.05, 0.1) is 33.3 Å². The van der Waals surface area contributed by atoms with Crippen molar-refractivity contribution in [3.05, 3.63) is 87.0 Å². The molecule has 4 rings (SSSR count). The molecule has 9 nitrogen and oxygen atoms in total. The van der Waals surface area contributed by atoms with E-state index in [1.54, 1.807) is 24.5 Å². The van der Waals surface area contributed by atoms with Gasteiger partial charge in [0, 0.05) is 35.9 Å². The van der Waals surface area contributed by atoms with Crippen LogP contribution in [0.3, 0.4) is 0 Å². The Labute approximate surface area is 199 Å². The molecule has 0 unspecified atom stereocenters. The fraction of sp³-hybridized carbons (Fsp3) is 0.136. The van der Waals surface area contributed by atoms with Gasteiger partial charge in [0.25, 0.3) is 5.69 Å². The highest BCUT2D eigenvalue weighted by Gasteiger charge is 2.14. The van der Waals surface area contributed by atoms with Crippen molar-refractivity contribution in [2.24, 2.45) is 0 Å². The van der Waals surface area contributed by atoms with E-state index in [0.717, 1.165) is 16.9 Å². The minimum Gasteiger partial charge on any atom is -0.368 e. The van der Waals surface area contributed by atoms with E-state index in [1.165, 1.54) is 12.3 Å². The first-order chi connectivity index (χ1) is 15.9. The van der Waals surface area contributed by atoms with E-state index in [9.17, 15) is 10.1 Å². The van der Waals surface area contributed by atoms with Crippen molar-refractivity contribution in [1.82, 2.24) is 19.5 Å². The van der Waals surface area contributed by atoms with Gasteiger partial charge in [-0.2, -0.15) is 0 Å². The molecule has 3 heterocycles. The van der Waals surface area contributed by atoms with Gasteiger partial charge < -0.3 is 15.2 Å². The highest BCUT2D eigenvalue weighted by atomic mass is 35.5. The number of anilines is 2. The van der Waals surface area contributed by atoms with Crippen LogP contribution in [0.1, 0.15) is 5.69 Å². The third-order valence-corrected chi connectivity index (χ3v) is 5.29. The van der Waals surface area contributed by atoms with Crippen molar-refractivity contribution < 1.29 is 4.92 Å². The molecule has 1 aromatic carbocycles. The van der Waals surface area contributed by atoms with Crippen LogP contribution in [0.25, 0.3) is 16.9 Å². The maximum absolute atomic E-state index is 10.7. The lowest BCUT2D eigenvalue weighted by Gasteiger charge is -2.14. The zero-order valence-electron chi connectivity index (χ0n) is 17.5. The van der Waals surface area contributed by atoms with Gasteiger partial charge in [0.15, 0.2) is 0 Å². The molecule has 0 saturated heterocycles. The maximum atomic E-state index is 10.7. The van der Waals surface area contributed by atoms with Gasteiger partial charge in [-0.25, -0.2) is 15.0 Å². The lowest BCUT2D eigenvalue weighted by atomic mass is 10.1. The molecule has 0 amide bonds. The third kappa shape index (κ3) is 5.39. The second-order valence-corrected chi connectivity index (χ2v) is 7.97. The lowest BCUT2D eigenvalue weighted by molar-refractivity contribution is -0.385. The molecule has 0 spiro atoms. The number of aryl methyl sites for hydroxylation is 1. The maximum Gasteiger partial charge on any atom is 0.287 e. The summed E-state index contributed by atoms with van der Waals surface area (Å²) in [5.74, 6) is 1.21. The monoisotopic (exact) mass is 483 g/mol. The van der Waals surface area contributed by atoms with E-state index in [2.05, 4.69) is 20.6 Å². The summed E-state index contributed by atoms with van der Waals surface area (Å²) < 4.78 is 1.90. The average molecular weight is 484 g/mol. The van der Waals surface area contributed by atoms with Gasteiger partial charge >= 0.3 is 0 Å². The Balaban J connectivity index is 1.51. The van der Waals surface area contributed by atoms with E-state index in [4.69, 9.17) is 28.2 Å². The molecule has 0 fully saturated rings. The van der Waals surface area contributed by atoms with Crippen molar-refractivity contribution in [3.63, 3.8) is 0 Å². The van der Waals surface area contributed by atoms with Crippen molar-refractivity contribution in [1.29, 1.82) is 0 Å². The Kier molecular flexibility index (Phi) is 6.71. The molecular weight excluding hydrogens is 465 g/mol. The zero-order chi connectivity index (χ0) is 23.4. The number of rotatable bonds is 8. The second kappa shape index (κ2) is 9.85. The minimum absolute atomic E-state index is 0.0514. The molecule has 3 aromatic heterocycles. The van der Waals surface area contributed by atoms with E-state index in [1.807, 2.05) is 35.9 Å². The smallest absolute Gasteiger partial charge is 0.287 e. The summed E-state index contributed by atoms with van der Waals surface area (Å²) in [6, 6.07) is 12.1. The van der Waals surface area contributed by atoms with Crippen LogP contribution in [0, 0.1) is 17.0 Å². The summed E-state index contributed by atoms with van der Waals surface area (Å²) in [4.78, 5) is 23.4. The largest absolute Gasteiger partial charge is 0.368 e. The molecule has 33 heavy (non-hydrogen) atoms. The van der Waals surface area contributed by atoms with Crippen LogP contribution in [-0.4, -0.2) is 37.5 Å². The molecular formula is C22H19Cl2N7O2. The van der Waals surface area contributed by atoms with E-state index in [-0.39, 0.29) is 5.69 Å². The number of hydrogen-bond acceptors (Lipinski definition) is 7. The second-order valence-electron chi connectivity index (χ2n) is 7.12. The quantitative estimate of drug-likeness (QED) is 0.196. The number of hydrogen-bond donors (Lipinski definition) is 2. The van der Waals surface area contributed by atoms with Crippen LogP contribution in [0.4, 0.5) is 17.3 Å². The van der Waals surface area contributed by atoms with Crippen LogP contribution in [0.2, 0.25) is 10.0 Å². The first-order valence-electron chi connectivity index (χ1n) is 9.96. The van der Waals surface area contributed by atoms with Crippen LogP contribution < -0.4 is 10.6 Å². The molecule has 2 N–H and O–H groups in total. The standard InChI is InChI=1S/C22H19Cl2N7O2/c1-14-12-30(13-28-14)19-5-7-21(29-22(19)17-4-2-15(23)10-18(17)24)26-9-8-25-20-6-3-16(11-27-20)31(32)33/h2-7,10-13H,8-9H2,1H3,(H,25,27)(H,26,29). The first-order valence-corrected chi connectivity index (χ1v) is 10.7. The van der Waals surface area contributed by atoms with Crippen LogP contribution >= 0.6 is 23.2 Å². The van der Waals surface area contributed by atoms with Crippen molar-refractivity contribution >= 4 is 40.5 Å². The van der Waals surface area contributed by atoms with Crippen LogP contribution in [0.5, 0.6) is 0 Å². The molecule has 0 radical (unpaired) electrons. The summed E-state index contributed by atoms with van der Waals surface area (Å²) >= 11 is 12.6. The summed E-state index contributed by atoms with van der Waals surface area (Å²) in [5, 5.41) is 18.1. The number of nitrogens with one attached hydrogen (secondary N) is 2. The number of aromatic nitrogens is 4. The molecule has 4 aromatic rings. The van der Waals surface area contributed by atoms with Crippen molar-refractivity contribution in [2.45, 2.75) is 6.92 Å². The van der Waals surface area contributed by atoms with E-state index >= 15 is 0 Å². The predicted molar refractivity (Wildman–Crippen MR) is 129 cm³/mol. The molecule has 0 aliphatic rings. The normalized spacial score (nSPS) is 10.8. The summed E-state index contributed by atoms with van der Waals surface area (Å²) in [5.41, 5.74) is 3.10. The van der Waals surface area contributed by atoms with Gasteiger partial charge in [-0.05, 0) is 43.3 Å². The first kappa shape index (κ1) is 22.5. The van der Waals surface area contributed by atoms with E-state index < -0.39 is 4.92 Å². The van der Waals surface area contributed by atoms with Gasteiger partial charge in [-0.1, -0.05) is 23.2 Å². The Bertz CT molecular complexity index is 1290. The number of pyridine rings is 2. The molecule has 168 valence electrons. The minimum atomic E-state index is -0.483. The predicted octanol–water partition coefficient (Wildman–Crippen LogP) is 5.38. The van der Waals surface area contributed by atoms with Crippen molar-refractivity contribution in [2.75, 3.05) is 23.7 Å². The highest BCUT2D eigenvalue weighted by molar-refractivity contribution is 6.36. The average Bonchev–Trinajstić information content (AvgIpc) is 3.23. The summed E-state index contributed by atoms with van der Waals surface area (Å²) in [7, 11) is 0. The number of benzene rings is 1. The Hall–Kier alpha value is -3.69. The number of imidazole rings is 1. The SMILES string of the molecule is Cc1cn(-c2ccc(NCCNc3ccc([N+](=O)[O-])cn3)nc2-c2ccc(Cl)cc2Cl)cn1. The Morgan fingerprint density at radius 2 is 1.79 bits per heavy atom. The fourth-order valence-electron chi connectivity index (χ4n) is 3.17. The van der Waals surface area contributed by atoms with Crippen LogP contribution in [0.15, 0.2) is 61.2 Å². The van der Waals surface area contributed by atoms with Crippen LogP contribution in [-0.2, 0) is 0 Å². The number of nitrogens with zero attached hydrogens (tertiary/aromatic N) is 5. The van der Waals surface area contributed by atoms with Gasteiger partial charge in [0.2, 0.25) is 0 Å². The summed E-state index contributed by atoms with van der Waals surface area (Å²) in [6.45, 7) is 3.00. The Morgan fingerprint density at radius 1 is 1.03 bits per heavy atom. The molecule has 11 heteroatoms. The van der Waals surface area contributed by atoms with Crippen molar-refractivity contribution in [3.8, 4) is 16.9 Å². The zero-order valence-corrected chi connectivity index (χ0v) is 19.0. The van der Waals surface area contributed by atoms with Gasteiger partial charge in [-0.15, -0.1) is 0 Å².